The van der Waals surface area contributed by atoms with Gasteiger partial charge >= 0.3 is 6.18 Å². The Morgan fingerprint density at radius 2 is 1.60 bits per heavy atom. The molecule has 0 spiro atoms. The number of hydrogen-bond acceptors (Lipinski definition) is 2. The first-order chi connectivity index (χ1) is 14.3. The van der Waals surface area contributed by atoms with Crippen LogP contribution in [-0.4, -0.2) is 4.98 Å². The molecule has 1 aromatic heterocycles. The number of halogens is 5. The number of nitriles is 1. The summed E-state index contributed by atoms with van der Waals surface area (Å²) in [5, 5.41) is 9.47. The number of rotatable bonds is 2. The van der Waals surface area contributed by atoms with Gasteiger partial charge in [0.2, 0.25) is 0 Å². The van der Waals surface area contributed by atoms with Crippen LogP contribution in [-0.2, 0) is 6.18 Å². The van der Waals surface area contributed by atoms with Crippen molar-refractivity contribution in [2.24, 2.45) is 0 Å². The van der Waals surface area contributed by atoms with Crippen LogP contribution in [0.3, 0.4) is 0 Å². The highest BCUT2D eigenvalue weighted by Gasteiger charge is 2.35. The minimum Gasteiger partial charge on any atom is -0.253 e. The van der Waals surface area contributed by atoms with Gasteiger partial charge in [-0.1, -0.05) is 30.3 Å². The van der Waals surface area contributed by atoms with E-state index in [1.807, 2.05) is 6.07 Å². The molecule has 0 atom stereocenters. The second kappa shape index (κ2) is 7.23. The maximum atomic E-state index is 14.5. The number of pyridine rings is 1. The third kappa shape index (κ3) is 3.26. The summed E-state index contributed by atoms with van der Waals surface area (Å²) >= 11 is 0. The van der Waals surface area contributed by atoms with E-state index in [4.69, 9.17) is 0 Å². The Labute approximate surface area is 167 Å². The van der Waals surface area contributed by atoms with Crippen LogP contribution >= 0.6 is 0 Å². The molecule has 2 nitrogen and oxygen atoms in total. The summed E-state index contributed by atoms with van der Waals surface area (Å²) < 4.78 is 68.1. The Morgan fingerprint density at radius 3 is 2.33 bits per heavy atom. The van der Waals surface area contributed by atoms with E-state index in [1.54, 1.807) is 24.3 Å². The molecule has 0 aliphatic rings. The largest absolute Gasteiger partial charge is 0.419 e. The lowest BCUT2D eigenvalue weighted by atomic mass is 9.94. The van der Waals surface area contributed by atoms with Crippen LogP contribution in [0.1, 0.15) is 11.1 Å². The van der Waals surface area contributed by atoms with E-state index in [2.05, 4.69) is 4.98 Å². The fraction of sp³-hybridized carbons (Fsp3) is 0.0435. The predicted molar refractivity (Wildman–Crippen MR) is 102 cm³/mol. The van der Waals surface area contributed by atoms with Gasteiger partial charge in [0.1, 0.15) is 11.3 Å². The summed E-state index contributed by atoms with van der Waals surface area (Å²) in [6, 6.07) is 15.9. The lowest BCUT2D eigenvalue weighted by molar-refractivity contribution is -0.139. The summed E-state index contributed by atoms with van der Waals surface area (Å²) in [7, 11) is 0. The average molecular weight is 410 g/mol. The highest BCUT2D eigenvalue weighted by Crippen LogP contribution is 2.38. The quantitative estimate of drug-likeness (QED) is 0.343. The molecule has 0 N–H and O–H groups in total. The van der Waals surface area contributed by atoms with Gasteiger partial charge in [0, 0.05) is 22.7 Å². The van der Waals surface area contributed by atoms with Gasteiger partial charge in [0.05, 0.1) is 17.2 Å². The van der Waals surface area contributed by atoms with Gasteiger partial charge in [-0.25, -0.2) is 8.78 Å². The Kier molecular flexibility index (Phi) is 4.70. The number of fused-ring (bicyclic) bond motifs is 1. The van der Waals surface area contributed by atoms with Crippen molar-refractivity contribution in [1.82, 2.24) is 4.98 Å². The fourth-order valence-corrected chi connectivity index (χ4v) is 3.37. The third-order valence-corrected chi connectivity index (χ3v) is 4.77. The van der Waals surface area contributed by atoms with Crippen LogP contribution in [0.2, 0.25) is 0 Å². The van der Waals surface area contributed by atoms with Gasteiger partial charge in [-0.15, -0.1) is 0 Å². The second-order valence-corrected chi connectivity index (χ2v) is 6.53. The SMILES string of the molecule is N#Cc1ccccc1-c1cc(-c2ccnc3c(F)c(C(F)(F)F)ccc23)ccc1F. The van der Waals surface area contributed by atoms with E-state index >= 15 is 0 Å². The van der Waals surface area contributed by atoms with Crippen molar-refractivity contribution in [1.29, 1.82) is 5.26 Å². The molecule has 0 aliphatic carbocycles. The highest BCUT2D eigenvalue weighted by atomic mass is 19.4. The molecule has 4 aromatic rings. The van der Waals surface area contributed by atoms with Crippen LogP contribution in [0.15, 0.2) is 66.9 Å². The molecule has 1 heterocycles. The molecule has 0 saturated carbocycles. The molecule has 0 fully saturated rings. The molecular formula is C23H11F5N2. The second-order valence-electron chi connectivity index (χ2n) is 6.53. The van der Waals surface area contributed by atoms with Crippen LogP contribution < -0.4 is 0 Å². The van der Waals surface area contributed by atoms with E-state index in [1.165, 1.54) is 30.5 Å². The van der Waals surface area contributed by atoms with Crippen molar-refractivity contribution in [3.8, 4) is 28.3 Å². The summed E-state index contributed by atoms with van der Waals surface area (Å²) in [6.07, 6.45) is -3.65. The molecule has 3 aromatic carbocycles. The molecule has 0 bridgehead atoms. The van der Waals surface area contributed by atoms with Crippen LogP contribution in [0.25, 0.3) is 33.2 Å². The zero-order valence-corrected chi connectivity index (χ0v) is 15.1. The molecule has 7 heteroatoms. The van der Waals surface area contributed by atoms with E-state index in [0.29, 0.717) is 22.8 Å². The molecule has 148 valence electrons. The number of nitrogens with zero attached hydrogens (tertiary/aromatic N) is 2. The number of alkyl halides is 3. The van der Waals surface area contributed by atoms with Gasteiger partial charge in [-0.05, 0) is 41.5 Å². The molecule has 0 amide bonds. The smallest absolute Gasteiger partial charge is 0.253 e. The minimum atomic E-state index is -4.85. The van der Waals surface area contributed by atoms with E-state index in [-0.39, 0.29) is 16.5 Å². The molecular weight excluding hydrogens is 399 g/mol. The molecule has 0 aliphatic heterocycles. The van der Waals surface area contributed by atoms with Gasteiger partial charge < -0.3 is 0 Å². The lowest BCUT2D eigenvalue weighted by Crippen LogP contribution is -2.08. The fourth-order valence-electron chi connectivity index (χ4n) is 3.37. The molecule has 30 heavy (non-hydrogen) atoms. The number of benzene rings is 3. The third-order valence-electron chi connectivity index (χ3n) is 4.77. The van der Waals surface area contributed by atoms with E-state index in [9.17, 15) is 27.2 Å². The lowest BCUT2D eigenvalue weighted by Gasteiger charge is -2.13. The first-order valence-corrected chi connectivity index (χ1v) is 8.75. The molecule has 0 unspecified atom stereocenters. The predicted octanol–water partition coefficient (Wildman–Crippen LogP) is 6.74. The van der Waals surface area contributed by atoms with Crippen molar-refractivity contribution in [2.75, 3.05) is 0 Å². The Bertz CT molecular complexity index is 1320. The highest BCUT2D eigenvalue weighted by molar-refractivity contribution is 5.96. The zero-order valence-electron chi connectivity index (χ0n) is 15.1. The van der Waals surface area contributed by atoms with Gasteiger partial charge in [0.25, 0.3) is 0 Å². The van der Waals surface area contributed by atoms with Crippen molar-refractivity contribution >= 4 is 10.9 Å². The molecule has 0 saturated heterocycles. The van der Waals surface area contributed by atoms with Crippen LogP contribution in [0.5, 0.6) is 0 Å². The zero-order chi connectivity index (χ0) is 21.5. The normalized spacial score (nSPS) is 11.5. The topological polar surface area (TPSA) is 36.7 Å². The maximum Gasteiger partial charge on any atom is 0.419 e. The van der Waals surface area contributed by atoms with Crippen molar-refractivity contribution in [3.63, 3.8) is 0 Å². The Morgan fingerprint density at radius 1 is 0.833 bits per heavy atom. The number of aromatic nitrogens is 1. The van der Waals surface area contributed by atoms with Gasteiger partial charge in [0.15, 0.2) is 5.82 Å². The van der Waals surface area contributed by atoms with E-state index < -0.39 is 28.9 Å². The average Bonchev–Trinajstić information content (AvgIpc) is 2.73. The Balaban J connectivity index is 1.94. The van der Waals surface area contributed by atoms with E-state index in [0.717, 1.165) is 6.07 Å². The maximum absolute atomic E-state index is 14.5. The summed E-state index contributed by atoms with van der Waals surface area (Å²) in [5.74, 6) is -2.02. The standard InChI is InChI=1S/C23H11F5N2/c24-20-8-5-13(11-18(20)15-4-2-1-3-14(15)12-29)16-9-10-30-22-17(16)6-7-19(21(22)25)23(26,27)28/h1-11H. The first kappa shape index (κ1) is 19.5. The first-order valence-electron chi connectivity index (χ1n) is 8.75. The van der Waals surface area contributed by atoms with Crippen molar-refractivity contribution < 1.29 is 22.0 Å². The Hall–Kier alpha value is -3.79. The summed E-state index contributed by atoms with van der Waals surface area (Å²) in [6.45, 7) is 0. The number of hydrogen-bond donors (Lipinski definition) is 0. The van der Waals surface area contributed by atoms with Crippen LogP contribution in [0, 0.1) is 23.0 Å². The minimum absolute atomic E-state index is 0.155. The summed E-state index contributed by atoms with van der Waals surface area (Å²) in [4.78, 5) is 3.77. The van der Waals surface area contributed by atoms with Crippen LogP contribution in [0.4, 0.5) is 22.0 Å². The summed E-state index contributed by atoms with van der Waals surface area (Å²) in [5.41, 5.74) is -0.179. The molecule has 0 radical (unpaired) electrons. The van der Waals surface area contributed by atoms with Gasteiger partial charge in [-0.2, -0.15) is 18.4 Å². The monoisotopic (exact) mass is 410 g/mol. The van der Waals surface area contributed by atoms with Crippen molar-refractivity contribution in [2.45, 2.75) is 6.18 Å². The van der Waals surface area contributed by atoms with Crippen molar-refractivity contribution in [3.05, 3.63) is 89.6 Å². The van der Waals surface area contributed by atoms with Gasteiger partial charge in [-0.3, -0.25) is 4.98 Å². The molecule has 4 rings (SSSR count).